The number of benzene rings is 2. The van der Waals surface area contributed by atoms with Crippen LogP contribution in [0.1, 0.15) is 80.0 Å². The highest BCUT2D eigenvalue weighted by atomic mass is 127. The SMILES string of the molecule is CC(C)(C)OC(=O)Oc1cccc(C(=O)OC23CC4CC(CC(C4)C2)C3)c1C(=O)Oc1cc(I)c(S(=O)(=O)[O-])c(I)c1. The van der Waals surface area contributed by atoms with Crippen LogP contribution < -0.4 is 9.47 Å². The summed E-state index contributed by atoms with van der Waals surface area (Å²) in [6.07, 6.45) is 4.71. The van der Waals surface area contributed by atoms with Gasteiger partial charge in [-0.15, -0.1) is 0 Å². The smallest absolute Gasteiger partial charge is 0.514 e. The van der Waals surface area contributed by atoms with Crippen LogP contribution >= 0.6 is 45.2 Å². The number of hydrogen-bond acceptors (Lipinski definition) is 10. The predicted molar refractivity (Wildman–Crippen MR) is 164 cm³/mol. The average Bonchev–Trinajstić information content (AvgIpc) is 2.80. The van der Waals surface area contributed by atoms with Gasteiger partial charge in [0.1, 0.15) is 38.4 Å². The van der Waals surface area contributed by atoms with Crippen LogP contribution in [0.3, 0.4) is 0 Å². The van der Waals surface area contributed by atoms with Crippen molar-refractivity contribution < 1.29 is 46.3 Å². The highest BCUT2D eigenvalue weighted by Gasteiger charge is 2.53. The van der Waals surface area contributed by atoms with Crippen molar-refractivity contribution in [1.82, 2.24) is 0 Å². The van der Waals surface area contributed by atoms with Gasteiger partial charge in [-0.1, -0.05) is 6.07 Å². The molecular formula is C29H29I2O10S-. The second kappa shape index (κ2) is 11.5. The molecular weight excluding hydrogens is 794 g/mol. The molecule has 2 aromatic rings. The number of esters is 2. The van der Waals surface area contributed by atoms with Gasteiger partial charge in [-0.3, -0.25) is 0 Å². The van der Waals surface area contributed by atoms with Crippen LogP contribution in [0, 0.1) is 24.9 Å². The molecule has 0 saturated heterocycles. The Kier molecular flexibility index (Phi) is 8.61. The fourth-order valence-corrected chi connectivity index (χ4v) is 10.7. The van der Waals surface area contributed by atoms with Crippen molar-refractivity contribution in [2.24, 2.45) is 17.8 Å². The van der Waals surface area contributed by atoms with Gasteiger partial charge in [0.2, 0.25) is 0 Å². The Morgan fingerprint density at radius 2 is 1.45 bits per heavy atom. The summed E-state index contributed by atoms with van der Waals surface area (Å²) in [5.74, 6) is -0.569. The molecule has 4 saturated carbocycles. The van der Waals surface area contributed by atoms with Gasteiger partial charge in [0, 0.05) is 7.14 Å². The summed E-state index contributed by atoms with van der Waals surface area (Å²) in [5.41, 5.74) is -1.96. The van der Waals surface area contributed by atoms with E-state index in [4.69, 9.17) is 18.9 Å². The molecule has 4 fully saturated rings. The molecule has 42 heavy (non-hydrogen) atoms. The molecule has 0 spiro atoms. The van der Waals surface area contributed by atoms with Gasteiger partial charge in [0.25, 0.3) is 0 Å². The average molecular weight is 823 g/mol. The number of rotatable bonds is 6. The fraction of sp³-hybridized carbons (Fsp3) is 0.483. The molecule has 0 aromatic heterocycles. The summed E-state index contributed by atoms with van der Waals surface area (Å²) < 4.78 is 57.5. The summed E-state index contributed by atoms with van der Waals surface area (Å²) in [6, 6.07) is 6.64. The minimum absolute atomic E-state index is 0.0528. The first-order chi connectivity index (χ1) is 19.5. The van der Waals surface area contributed by atoms with E-state index in [9.17, 15) is 27.4 Å². The second-order valence-corrected chi connectivity index (χ2v) is 15.9. The number of halogens is 2. The van der Waals surface area contributed by atoms with Crippen molar-refractivity contribution in [1.29, 1.82) is 0 Å². The van der Waals surface area contributed by atoms with Crippen molar-refractivity contribution in [2.45, 2.75) is 75.4 Å². The molecule has 226 valence electrons. The Morgan fingerprint density at radius 3 is 1.95 bits per heavy atom. The number of hydrogen-bond donors (Lipinski definition) is 0. The standard InChI is InChI=1S/C29H30I2O10S/c1-28(2,3)41-27(34)39-22-6-4-5-19(25(32)40-29-12-15-7-16(13-29)9-17(8-15)14-29)23(22)26(33)38-18-10-20(30)24(21(31)11-18)42(35,36)37/h4-6,10-11,15-17H,7-9,12-14H2,1-3H3,(H,35,36,37)/p-1. The number of ether oxygens (including phenoxy) is 4. The second-order valence-electron chi connectivity index (χ2n) is 12.3. The Labute approximate surface area is 271 Å². The van der Waals surface area contributed by atoms with Crippen LogP contribution in [0.15, 0.2) is 35.2 Å². The third kappa shape index (κ3) is 6.88. The summed E-state index contributed by atoms with van der Waals surface area (Å²) in [7, 11) is -4.78. The Morgan fingerprint density at radius 1 is 0.905 bits per heavy atom. The van der Waals surface area contributed by atoms with Gasteiger partial charge in [0.05, 0.1) is 10.5 Å². The molecule has 0 N–H and O–H groups in total. The van der Waals surface area contributed by atoms with E-state index < -0.39 is 44.3 Å². The van der Waals surface area contributed by atoms with Crippen LogP contribution in [-0.4, -0.2) is 42.3 Å². The topological polar surface area (TPSA) is 145 Å². The normalized spacial score (nSPS) is 24.7. The molecule has 4 aliphatic rings. The van der Waals surface area contributed by atoms with E-state index in [0.717, 1.165) is 38.5 Å². The zero-order valence-electron chi connectivity index (χ0n) is 23.1. The Balaban J connectivity index is 1.49. The summed E-state index contributed by atoms with van der Waals surface area (Å²) in [6.45, 7) is 4.95. The van der Waals surface area contributed by atoms with Crippen molar-refractivity contribution in [3.05, 3.63) is 48.6 Å². The van der Waals surface area contributed by atoms with Crippen molar-refractivity contribution in [3.8, 4) is 11.5 Å². The monoisotopic (exact) mass is 823 g/mol. The lowest BCUT2D eigenvalue weighted by molar-refractivity contribution is -0.131. The van der Waals surface area contributed by atoms with Gasteiger partial charge in [-0.25, -0.2) is 22.8 Å². The molecule has 13 heteroatoms. The van der Waals surface area contributed by atoms with Gasteiger partial charge in [-0.05, 0) is 146 Å². The van der Waals surface area contributed by atoms with Gasteiger partial charge >= 0.3 is 18.1 Å². The summed E-state index contributed by atoms with van der Waals surface area (Å²) in [5, 5.41) is 0. The largest absolute Gasteiger partial charge is 0.744 e. The highest BCUT2D eigenvalue weighted by Crippen LogP contribution is 2.57. The Bertz CT molecular complexity index is 1500. The van der Waals surface area contributed by atoms with E-state index in [1.807, 2.05) is 0 Å². The third-order valence-corrected chi connectivity index (χ3v) is 11.1. The number of carbonyl (C=O) groups is 3. The van der Waals surface area contributed by atoms with Crippen LogP contribution in [0.25, 0.3) is 0 Å². The first-order valence-corrected chi connectivity index (χ1v) is 17.0. The molecule has 0 unspecified atom stereocenters. The van der Waals surface area contributed by atoms with Crippen molar-refractivity contribution >= 4 is 73.4 Å². The first-order valence-electron chi connectivity index (χ1n) is 13.5. The van der Waals surface area contributed by atoms with Crippen LogP contribution in [-0.2, 0) is 19.6 Å². The predicted octanol–water partition coefficient (Wildman–Crippen LogP) is 6.46. The molecule has 0 heterocycles. The maximum absolute atomic E-state index is 13.7. The van der Waals surface area contributed by atoms with Crippen LogP contribution in [0.4, 0.5) is 4.79 Å². The maximum Gasteiger partial charge on any atom is 0.514 e. The van der Waals surface area contributed by atoms with Gasteiger partial charge in [0.15, 0.2) is 0 Å². The number of carbonyl (C=O) groups excluding carboxylic acids is 3. The maximum atomic E-state index is 13.7. The quantitative estimate of drug-likeness (QED) is 0.105. The van der Waals surface area contributed by atoms with E-state index in [-0.39, 0.29) is 29.8 Å². The van der Waals surface area contributed by atoms with Gasteiger partial charge < -0.3 is 23.5 Å². The molecule has 10 nitrogen and oxygen atoms in total. The summed E-state index contributed by atoms with van der Waals surface area (Å²) >= 11 is 3.33. The fourth-order valence-electron chi connectivity index (χ4n) is 6.76. The zero-order chi connectivity index (χ0) is 30.6. The zero-order valence-corrected chi connectivity index (χ0v) is 28.2. The van der Waals surface area contributed by atoms with Crippen molar-refractivity contribution in [3.63, 3.8) is 0 Å². The minimum Gasteiger partial charge on any atom is -0.744 e. The van der Waals surface area contributed by atoms with E-state index in [1.54, 1.807) is 66.0 Å². The van der Waals surface area contributed by atoms with Crippen LogP contribution in [0.2, 0.25) is 0 Å². The summed E-state index contributed by atoms with van der Waals surface area (Å²) in [4.78, 5) is 39.5. The Hall–Kier alpha value is -1.98. The molecule has 0 atom stereocenters. The molecule has 6 rings (SSSR count). The molecule has 4 aliphatic carbocycles. The van der Waals surface area contributed by atoms with E-state index >= 15 is 0 Å². The van der Waals surface area contributed by atoms with E-state index in [2.05, 4.69) is 0 Å². The third-order valence-electron chi connectivity index (χ3n) is 7.76. The molecule has 0 aliphatic heterocycles. The lowest BCUT2D eigenvalue weighted by Crippen LogP contribution is -2.52. The lowest BCUT2D eigenvalue weighted by Gasteiger charge is -2.55. The molecule has 0 radical (unpaired) electrons. The first kappa shape index (κ1) is 31.4. The lowest BCUT2D eigenvalue weighted by atomic mass is 9.54. The van der Waals surface area contributed by atoms with E-state index in [0.29, 0.717) is 17.8 Å². The van der Waals surface area contributed by atoms with E-state index in [1.165, 1.54) is 30.3 Å². The molecule has 0 amide bonds. The van der Waals surface area contributed by atoms with Crippen molar-refractivity contribution in [2.75, 3.05) is 0 Å². The minimum atomic E-state index is -4.78. The van der Waals surface area contributed by atoms with Crippen LogP contribution in [0.5, 0.6) is 11.5 Å². The molecule has 2 aromatic carbocycles. The molecule has 4 bridgehead atoms. The van der Waals surface area contributed by atoms with Gasteiger partial charge in [-0.2, -0.15) is 0 Å². The highest BCUT2D eigenvalue weighted by molar-refractivity contribution is 14.1.